The number of rotatable bonds is 61. The second-order valence-corrected chi connectivity index (χ2v) is 22.3. The summed E-state index contributed by atoms with van der Waals surface area (Å²) in [6.45, 7) is 6.42. The third-order valence-electron chi connectivity index (χ3n) is 14.4. The average Bonchev–Trinajstić information content (AvgIpc) is 3.47. The number of carbonyl (C=O) groups excluding carboxylic acids is 3. The Morgan fingerprint density at radius 1 is 0.256 bits per heavy atom. The van der Waals surface area contributed by atoms with E-state index in [2.05, 4.69) is 154 Å². The molecule has 0 N–H and O–H groups in total. The van der Waals surface area contributed by atoms with Crippen LogP contribution in [0.25, 0.3) is 0 Å². The summed E-state index contributed by atoms with van der Waals surface area (Å²) in [4.78, 5) is 38.4. The van der Waals surface area contributed by atoms with E-state index < -0.39 is 6.10 Å². The van der Waals surface area contributed by atoms with Gasteiger partial charge in [0, 0.05) is 19.3 Å². The lowest BCUT2D eigenvalue weighted by atomic mass is 10.0. The van der Waals surface area contributed by atoms with Crippen molar-refractivity contribution in [2.24, 2.45) is 0 Å². The minimum absolute atomic E-state index is 0.0858. The summed E-state index contributed by atoms with van der Waals surface area (Å²) < 4.78 is 17.0. The lowest BCUT2D eigenvalue weighted by Gasteiger charge is -2.18. The molecule has 466 valence electrons. The highest BCUT2D eigenvalue weighted by Gasteiger charge is 2.19. The molecule has 6 nitrogen and oxygen atoms in total. The van der Waals surface area contributed by atoms with E-state index in [1.807, 2.05) is 0 Å². The zero-order valence-electron chi connectivity index (χ0n) is 53.5. The summed E-state index contributed by atoms with van der Waals surface area (Å²) in [6, 6.07) is 0. The predicted octanol–water partition coefficient (Wildman–Crippen LogP) is 23.7. The van der Waals surface area contributed by atoms with Crippen molar-refractivity contribution in [1.29, 1.82) is 0 Å². The maximum absolute atomic E-state index is 12.9. The highest BCUT2D eigenvalue weighted by Crippen LogP contribution is 2.16. The maximum Gasteiger partial charge on any atom is 0.306 e. The molecule has 0 aliphatic carbocycles. The van der Waals surface area contributed by atoms with E-state index >= 15 is 0 Å². The topological polar surface area (TPSA) is 78.9 Å². The van der Waals surface area contributed by atoms with Gasteiger partial charge in [-0.05, 0) is 116 Å². The van der Waals surface area contributed by atoms with Gasteiger partial charge in [-0.1, -0.05) is 309 Å². The first kappa shape index (κ1) is 77.5. The van der Waals surface area contributed by atoms with Crippen molar-refractivity contribution in [1.82, 2.24) is 0 Å². The van der Waals surface area contributed by atoms with Gasteiger partial charge in [0.25, 0.3) is 0 Å². The SMILES string of the molecule is CC/C=C\C/C=C\C/C=C\C/C=C\C/C=C\C/C=C\C/C=C\CCCCCCCCCCCC(=O)OCC(COC(=O)CCCCCCCCCCCCCCCC)OC(=O)CCCCCCCC/C=C\C/C=C\C/C=C\C/C=C\CC. The minimum Gasteiger partial charge on any atom is -0.462 e. The van der Waals surface area contributed by atoms with Crippen molar-refractivity contribution in [2.45, 2.75) is 316 Å². The molecule has 0 aliphatic heterocycles. The van der Waals surface area contributed by atoms with Crippen LogP contribution in [0.3, 0.4) is 0 Å². The van der Waals surface area contributed by atoms with Crippen molar-refractivity contribution < 1.29 is 28.6 Å². The molecule has 1 unspecified atom stereocenters. The zero-order chi connectivity index (χ0) is 59.2. The molecule has 0 saturated carbocycles. The van der Waals surface area contributed by atoms with Gasteiger partial charge in [0.05, 0.1) is 0 Å². The molecule has 0 fully saturated rings. The van der Waals surface area contributed by atoms with E-state index in [-0.39, 0.29) is 31.1 Å². The van der Waals surface area contributed by atoms with Gasteiger partial charge in [0.1, 0.15) is 13.2 Å². The number of hydrogen-bond acceptors (Lipinski definition) is 6. The molecule has 0 radical (unpaired) electrons. The molecule has 0 spiro atoms. The second-order valence-electron chi connectivity index (χ2n) is 22.3. The fourth-order valence-electron chi connectivity index (χ4n) is 9.36. The summed E-state index contributed by atoms with van der Waals surface area (Å²) in [5.74, 6) is -0.898. The average molecular weight is 1140 g/mol. The molecular weight excluding hydrogens is 1010 g/mol. The van der Waals surface area contributed by atoms with Crippen molar-refractivity contribution in [2.75, 3.05) is 13.2 Å². The molecule has 0 saturated heterocycles. The highest BCUT2D eigenvalue weighted by molar-refractivity contribution is 5.71. The monoisotopic (exact) mass is 1130 g/mol. The third kappa shape index (κ3) is 66.4. The quantitative estimate of drug-likeness (QED) is 0.0261. The Morgan fingerprint density at radius 2 is 0.476 bits per heavy atom. The molecule has 6 heteroatoms. The Kier molecular flexibility index (Phi) is 65.3. The Morgan fingerprint density at radius 3 is 0.744 bits per heavy atom. The van der Waals surface area contributed by atoms with Gasteiger partial charge < -0.3 is 14.2 Å². The normalized spacial score (nSPS) is 13.0. The van der Waals surface area contributed by atoms with Crippen LogP contribution in [0.15, 0.2) is 134 Å². The van der Waals surface area contributed by atoms with Gasteiger partial charge in [-0.3, -0.25) is 14.4 Å². The number of allylic oxidation sites excluding steroid dienone is 22. The second kappa shape index (κ2) is 69.0. The van der Waals surface area contributed by atoms with E-state index in [0.717, 1.165) is 148 Å². The maximum atomic E-state index is 12.9. The highest BCUT2D eigenvalue weighted by atomic mass is 16.6. The molecule has 0 amide bonds. The largest absolute Gasteiger partial charge is 0.462 e. The lowest BCUT2D eigenvalue weighted by Crippen LogP contribution is -2.30. The van der Waals surface area contributed by atoms with E-state index in [1.165, 1.54) is 122 Å². The van der Waals surface area contributed by atoms with Gasteiger partial charge >= 0.3 is 17.9 Å². The summed E-state index contributed by atoms with van der Waals surface area (Å²) in [7, 11) is 0. The van der Waals surface area contributed by atoms with Crippen LogP contribution in [0.2, 0.25) is 0 Å². The van der Waals surface area contributed by atoms with Crippen molar-refractivity contribution in [3.63, 3.8) is 0 Å². The number of ether oxygens (including phenoxy) is 3. The Bertz CT molecular complexity index is 1730. The van der Waals surface area contributed by atoms with Gasteiger partial charge in [-0.2, -0.15) is 0 Å². The summed E-state index contributed by atoms with van der Waals surface area (Å²) in [5, 5.41) is 0. The van der Waals surface area contributed by atoms with Crippen LogP contribution in [-0.2, 0) is 28.6 Å². The first-order chi connectivity index (χ1) is 40.5. The fourth-order valence-corrected chi connectivity index (χ4v) is 9.36. The van der Waals surface area contributed by atoms with Crippen LogP contribution in [0.1, 0.15) is 310 Å². The van der Waals surface area contributed by atoms with Gasteiger partial charge in [-0.15, -0.1) is 0 Å². The first-order valence-corrected chi connectivity index (χ1v) is 34.2. The van der Waals surface area contributed by atoms with E-state index in [4.69, 9.17) is 14.2 Å². The molecule has 0 rings (SSSR count). The number of unbranched alkanes of at least 4 members (excludes halogenated alkanes) is 28. The van der Waals surface area contributed by atoms with E-state index in [0.29, 0.717) is 19.3 Å². The Balaban J connectivity index is 4.33. The van der Waals surface area contributed by atoms with Gasteiger partial charge in [0.2, 0.25) is 0 Å². The van der Waals surface area contributed by atoms with Crippen LogP contribution in [0.5, 0.6) is 0 Å². The molecule has 0 aromatic rings. The van der Waals surface area contributed by atoms with Crippen LogP contribution >= 0.6 is 0 Å². The van der Waals surface area contributed by atoms with Crippen molar-refractivity contribution in [3.05, 3.63) is 134 Å². The molecule has 0 bridgehead atoms. The summed E-state index contributed by atoms with van der Waals surface area (Å²) >= 11 is 0. The molecule has 82 heavy (non-hydrogen) atoms. The van der Waals surface area contributed by atoms with Crippen LogP contribution in [-0.4, -0.2) is 37.2 Å². The first-order valence-electron chi connectivity index (χ1n) is 34.2. The zero-order valence-corrected chi connectivity index (χ0v) is 53.5. The van der Waals surface area contributed by atoms with Gasteiger partial charge in [0.15, 0.2) is 6.10 Å². The molecule has 1 atom stereocenters. The lowest BCUT2D eigenvalue weighted by molar-refractivity contribution is -0.167. The summed E-state index contributed by atoms with van der Waals surface area (Å²) in [5.41, 5.74) is 0. The smallest absolute Gasteiger partial charge is 0.306 e. The van der Waals surface area contributed by atoms with Crippen LogP contribution < -0.4 is 0 Å². The molecule has 0 aromatic carbocycles. The molecular formula is C76H126O6. The number of carbonyl (C=O) groups is 3. The van der Waals surface area contributed by atoms with Crippen LogP contribution in [0, 0.1) is 0 Å². The number of esters is 3. The molecule has 0 aliphatic rings. The van der Waals surface area contributed by atoms with E-state index in [1.54, 1.807) is 0 Å². The van der Waals surface area contributed by atoms with E-state index in [9.17, 15) is 14.4 Å². The third-order valence-corrected chi connectivity index (χ3v) is 14.4. The molecule has 0 heterocycles. The Hall–Kier alpha value is -4.45. The fraction of sp³-hybridized carbons (Fsp3) is 0.671. The van der Waals surface area contributed by atoms with Crippen molar-refractivity contribution in [3.8, 4) is 0 Å². The van der Waals surface area contributed by atoms with Crippen molar-refractivity contribution >= 4 is 17.9 Å². The predicted molar refractivity (Wildman–Crippen MR) is 357 cm³/mol. The Labute approximate surface area is 506 Å². The van der Waals surface area contributed by atoms with Gasteiger partial charge in [-0.25, -0.2) is 0 Å². The molecule has 0 aromatic heterocycles. The van der Waals surface area contributed by atoms with Crippen LogP contribution in [0.4, 0.5) is 0 Å². The minimum atomic E-state index is -0.792. The summed E-state index contributed by atoms with van der Waals surface area (Å²) in [6.07, 6.45) is 97.5. The number of hydrogen-bond donors (Lipinski definition) is 0. The standard InChI is InChI=1S/C76H126O6/c1-4-7-10-13-16-19-22-25-28-30-32-33-34-35-36-37-38-39-40-41-42-43-45-46-48-51-54-57-60-63-66-69-75(78)81-72-73(71-80-74(77)68-65-62-59-56-53-50-27-24-21-18-15-12-9-6-3)82-76(79)70-67-64-61-58-55-52-49-47-44-31-29-26-23-20-17-14-11-8-5-2/h7-8,10-11,16-17,19-20,25-26,28-29,32-33,35-36,38-39,41-42,44,47,73H,4-6,9,12-15,18,21-24,27,30-31,34,37,40,43,45-46,48-72H2,1-3H3/b10-7-,11-8-,19-16-,20-17-,28-25-,29-26-,33-32-,36-35-,39-38-,42-41-,47-44-.